The number of rotatable bonds is 3. The highest BCUT2D eigenvalue weighted by Gasteiger charge is 2.41. The Morgan fingerprint density at radius 2 is 1.75 bits per heavy atom. The Morgan fingerprint density at radius 1 is 1.15 bits per heavy atom. The van der Waals surface area contributed by atoms with Crippen molar-refractivity contribution in [2.45, 2.75) is 32.1 Å². The van der Waals surface area contributed by atoms with Gasteiger partial charge in [-0.2, -0.15) is 0 Å². The summed E-state index contributed by atoms with van der Waals surface area (Å²) in [5, 5.41) is 3.57. The maximum absolute atomic E-state index is 12.0. The number of nitrogens with one attached hydrogen (secondary N) is 1. The van der Waals surface area contributed by atoms with Crippen molar-refractivity contribution < 1.29 is 9.59 Å². The first-order chi connectivity index (χ1) is 9.60. The van der Waals surface area contributed by atoms with Crippen molar-refractivity contribution in [3.8, 4) is 0 Å². The molecule has 0 unspecified atom stereocenters. The minimum atomic E-state index is 0.0589. The van der Waals surface area contributed by atoms with Gasteiger partial charge in [0.25, 0.3) is 0 Å². The maximum Gasteiger partial charge on any atom is 0.224 e. The Balaban J connectivity index is 1.50. The van der Waals surface area contributed by atoms with Crippen LogP contribution in [0, 0.1) is 17.8 Å². The molecule has 2 fully saturated rings. The highest BCUT2D eigenvalue weighted by Crippen LogP contribution is 2.46. The Kier molecular flexibility index (Phi) is 3.79. The van der Waals surface area contributed by atoms with Gasteiger partial charge in [0, 0.05) is 30.0 Å². The standard InChI is InChI=1S/C16H18ClNO2/c17-13-1-3-14(4-2-13)18-16(20)7-10-5-11-8-15(19)9-12(11)6-10/h1-4,10-12H,5-9H2,(H,18,20)/t10-,11-,12+. The number of carbonyl (C=O) groups is 2. The summed E-state index contributed by atoms with van der Waals surface area (Å²) in [4.78, 5) is 23.4. The lowest BCUT2D eigenvalue weighted by Crippen LogP contribution is -2.15. The van der Waals surface area contributed by atoms with Gasteiger partial charge in [-0.05, 0) is 54.9 Å². The third-order valence-electron chi connectivity index (χ3n) is 4.52. The molecule has 0 aliphatic heterocycles. The van der Waals surface area contributed by atoms with Crippen molar-refractivity contribution in [1.82, 2.24) is 0 Å². The summed E-state index contributed by atoms with van der Waals surface area (Å²) in [5.41, 5.74) is 0.785. The summed E-state index contributed by atoms with van der Waals surface area (Å²) >= 11 is 5.81. The molecule has 0 bridgehead atoms. The minimum Gasteiger partial charge on any atom is -0.326 e. The van der Waals surface area contributed by atoms with Gasteiger partial charge in [0.05, 0.1) is 0 Å². The van der Waals surface area contributed by atoms with Crippen LogP contribution in [0.5, 0.6) is 0 Å². The third kappa shape index (κ3) is 3.04. The van der Waals surface area contributed by atoms with Gasteiger partial charge in [-0.15, -0.1) is 0 Å². The molecule has 0 radical (unpaired) electrons. The molecule has 0 aromatic heterocycles. The van der Waals surface area contributed by atoms with Crippen LogP contribution in [0.25, 0.3) is 0 Å². The van der Waals surface area contributed by atoms with Crippen LogP contribution in [0.1, 0.15) is 32.1 Å². The molecule has 0 spiro atoms. The third-order valence-corrected chi connectivity index (χ3v) is 4.77. The van der Waals surface area contributed by atoms with Gasteiger partial charge < -0.3 is 5.32 Å². The Morgan fingerprint density at radius 3 is 2.35 bits per heavy atom. The number of ketones is 1. The molecule has 1 aromatic rings. The van der Waals surface area contributed by atoms with Gasteiger partial charge in [-0.1, -0.05) is 11.6 Å². The summed E-state index contributed by atoms with van der Waals surface area (Å²) in [6, 6.07) is 7.15. The second-order valence-corrected chi connectivity index (χ2v) is 6.50. The number of Topliss-reactive ketones (excluding diaryl/α,β-unsaturated/α-hetero) is 1. The van der Waals surface area contributed by atoms with Gasteiger partial charge in [0.15, 0.2) is 0 Å². The molecule has 2 saturated carbocycles. The zero-order valence-electron chi connectivity index (χ0n) is 11.3. The molecule has 0 heterocycles. The number of carbonyl (C=O) groups excluding carboxylic acids is 2. The number of benzene rings is 1. The summed E-state index contributed by atoms with van der Waals surface area (Å²) in [6.45, 7) is 0. The molecule has 106 valence electrons. The van der Waals surface area contributed by atoms with Crippen LogP contribution >= 0.6 is 11.6 Å². The van der Waals surface area contributed by atoms with E-state index in [0.29, 0.717) is 35.0 Å². The van der Waals surface area contributed by atoms with E-state index in [1.165, 1.54) is 0 Å². The number of fused-ring (bicyclic) bond motifs is 1. The number of amides is 1. The maximum atomic E-state index is 12.0. The van der Waals surface area contributed by atoms with Crippen molar-refractivity contribution in [3.05, 3.63) is 29.3 Å². The van der Waals surface area contributed by atoms with Gasteiger partial charge in [0.2, 0.25) is 5.91 Å². The number of halogens is 1. The van der Waals surface area contributed by atoms with E-state index in [2.05, 4.69) is 5.32 Å². The van der Waals surface area contributed by atoms with Gasteiger partial charge in [-0.25, -0.2) is 0 Å². The first-order valence-corrected chi connectivity index (χ1v) is 7.55. The molecule has 4 heteroatoms. The smallest absolute Gasteiger partial charge is 0.224 e. The van der Waals surface area contributed by atoms with Crippen LogP contribution in [0.15, 0.2) is 24.3 Å². The van der Waals surface area contributed by atoms with E-state index in [-0.39, 0.29) is 5.91 Å². The second kappa shape index (κ2) is 5.57. The fourth-order valence-corrected chi connectivity index (χ4v) is 3.81. The summed E-state index contributed by atoms with van der Waals surface area (Å²) in [7, 11) is 0. The van der Waals surface area contributed by atoms with Crippen LogP contribution in [0.3, 0.4) is 0 Å². The first-order valence-electron chi connectivity index (χ1n) is 7.17. The van der Waals surface area contributed by atoms with Crippen molar-refractivity contribution in [2.24, 2.45) is 17.8 Å². The molecular weight excluding hydrogens is 274 g/mol. The van der Waals surface area contributed by atoms with Crippen LogP contribution in [-0.2, 0) is 9.59 Å². The number of hydrogen-bond donors (Lipinski definition) is 1. The Labute approximate surface area is 123 Å². The summed E-state index contributed by atoms with van der Waals surface area (Å²) in [5.74, 6) is 1.98. The highest BCUT2D eigenvalue weighted by atomic mass is 35.5. The SMILES string of the molecule is O=C1C[C@@H]2C[C@H](CC(=O)Nc3ccc(Cl)cc3)C[C@@H]2C1. The largest absolute Gasteiger partial charge is 0.326 e. The average molecular weight is 292 g/mol. The van der Waals surface area contributed by atoms with Gasteiger partial charge in [-0.3, -0.25) is 9.59 Å². The van der Waals surface area contributed by atoms with Gasteiger partial charge in [0.1, 0.15) is 5.78 Å². The van der Waals surface area contributed by atoms with Crippen molar-refractivity contribution in [2.75, 3.05) is 5.32 Å². The summed E-state index contributed by atoms with van der Waals surface area (Å²) < 4.78 is 0. The van der Waals surface area contributed by atoms with E-state index < -0.39 is 0 Å². The van der Waals surface area contributed by atoms with Crippen molar-refractivity contribution in [3.63, 3.8) is 0 Å². The first kappa shape index (κ1) is 13.6. The van der Waals surface area contributed by atoms with E-state index in [1.54, 1.807) is 12.1 Å². The lowest BCUT2D eigenvalue weighted by atomic mass is 9.99. The highest BCUT2D eigenvalue weighted by molar-refractivity contribution is 6.30. The summed E-state index contributed by atoms with van der Waals surface area (Å²) in [6.07, 6.45) is 4.10. The Bertz CT molecular complexity index is 510. The zero-order valence-corrected chi connectivity index (χ0v) is 12.0. The molecule has 2 aliphatic rings. The topological polar surface area (TPSA) is 46.2 Å². The zero-order chi connectivity index (χ0) is 14.1. The molecule has 3 rings (SSSR count). The van der Waals surface area contributed by atoms with Crippen LogP contribution < -0.4 is 5.32 Å². The molecule has 3 nitrogen and oxygen atoms in total. The molecule has 20 heavy (non-hydrogen) atoms. The van der Waals surface area contributed by atoms with E-state index in [1.807, 2.05) is 12.1 Å². The molecule has 3 atom stereocenters. The van der Waals surface area contributed by atoms with E-state index in [9.17, 15) is 9.59 Å². The molecular formula is C16H18ClNO2. The fourth-order valence-electron chi connectivity index (χ4n) is 3.68. The lowest BCUT2D eigenvalue weighted by molar-refractivity contribution is -0.117. The predicted molar refractivity (Wildman–Crippen MR) is 78.6 cm³/mol. The average Bonchev–Trinajstić information content (AvgIpc) is 2.88. The molecule has 2 aliphatic carbocycles. The van der Waals surface area contributed by atoms with Crippen LogP contribution in [0.2, 0.25) is 5.02 Å². The quantitative estimate of drug-likeness (QED) is 0.923. The lowest BCUT2D eigenvalue weighted by Gasteiger charge is -2.11. The monoisotopic (exact) mass is 291 g/mol. The van der Waals surface area contributed by atoms with Crippen molar-refractivity contribution >= 4 is 29.0 Å². The fraction of sp³-hybridized carbons (Fsp3) is 0.500. The van der Waals surface area contributed by atoms with E-state index >= 15 is 0 Å². The van der Waals surface area contributed by atoms with Crippen molar-refractivity contribution in [1.29, 1.82) is 0 Å². The predicted octanol–water partition coefficient (Wildman–Crippen LogP) is 3.67. The van der Waals surface area contributed by atoms with Gasteiger partial charge >= 0.3 is 0 Å². The van der Waals surface area contributed by atoms with Crippen LogP contribution in [0.4, 0.5) is 5.69 Å². The molecule has 1 N–H and O–H groups in total. The van der Waals surface area contributed by atoms with Crippen LogP contribution in [-0.4, -0.2) is 11.7 Å². The van der Waals surface area contributed by atoms with E-state index in [4.69, 9.17) is 11.6 Å². The molecule has 1 amide bonds. The second-order valence-electron chi connectivity index (χ2n) is 6.06. The Hall–Kier alpha value is -1.35. The number of hydrogen-bond acceptors (Lipinski definition) is 2. The normalized spacial score (nSPS) is 28.4. The minimum absolute atomic E-state index is 0.0589. The number of anilines is 1. The van der Waals surface area contributed by atoms with E-state index in [0.717, 1.165) is 31.4 Å². The molecule has 1 aromatic carbocycles. The molecule has 0 saturated heterocycles.